The SMILES string of the molecule is CC(C)(C)c1nnc(CC(C)(C)c2nccs2)o1. The molecular weight excluding hydrogens is 246 g/mol. The number of nitrogens with zero attached hydrogens (tertiary/aromatic N) is 3. The number of hydrogen-bond donors (Lipinski definition) is 0. The molecule has 0 bridgehead atoms. The van der Waals surface area contributed by atoms with Crippen LogP contribution in [0.4, 0.5) is 0 Å². The number of thiazole rings is 1. The monoisotopic (exact) mass is 265 g/mol. The van der Waals surface area contributed by atoms with Crippen LogP contribution in [-0.4, -0.2) is 15.2 Å². The molecule has 0 aromatic carbocycles. The zero-order valence-electron chi connectivity index (χ0n) is 11.5. The van der Waals surface area contributed by atoms with Gasteiger partial charge in [-0.3, -0.25) is 0 Å². The van der Waals surface area contributed by atoms with E-state index < -0.39 is 0 Å². The number of rotatable bonds is 3. The summed E-state index contributed by atoms with van der Waals surface area (Å²) in [5, 5.41) is 11.3. The van der Waals surface area contributed by atoms with Crippen LogP contribution < -0.4 is 0 Å². The molecule has 2 heterocycles. The Morgan fingerprint density at radius 2 is 1.89 bits per heavy atom. The second-order valence-electron chi connectivity index (χ2n) is 6.15. The van der Waals surface area contributed by atoms with Crippen molar-refractivity contribution in [2.45, 2.75) is 51.9 Å². The van der Waals surface area contributed by atoms with Crippen LogP contribution in [0.25, 0.3) is 0 Å². The molecule has 0 atom stereocenters. The Bertz CT molecular complexity index is 509. The summed E-state index contributed by atoms with van der Waals surface area (Å²) in [6, 6.07) is 0. The zero-order chi connectivity index (χ0) is 13.4. The maximum Gasteiger partial charge on any atom is 0.221 e. The lowest BCUT2D eigenvalue weighted by molar-refractivity contribution is 0.350. The molecule has 0 amide bonds. The fraction of sp³-hybridized carbons (Fsp3) is 0.615. The molecule has 0 fully saturated rings. The highest BCUT2D eigenvalue weighted by molar-refractivity contribution is 7.09. The highest BCUT2D eigenvalue weighted by Crippen LogP contribution is 2.29. The van der Waals surface area contributed by atoms with Gasteiger partial charge in [-0.05, 0) is 0 Å². The average molecular weight is 265 g/mol. The molecule has 0 spiro atoms. The van der Waals surface area contributed by atoms with E-state index in [1.54, 1.807) is 11.3 Å². The van der Waals surface area contributed by atoms with Gasteiger partial charge in [-0.25, -0.2) is 4.98 Å². The van der Waals surface area contributed by atoms with E-state index >= 15 is 0 Å². The number of hydrogen-bond acceptors (Lipinski definition) is 5. The van der Waals surface area contributed by atoms with Crippen LogP contribution in [0.3, 0.4) is 0 Å². The molecule has 0 N–H and O–H groups in total. The normalized spacial score (nSPS) is 12.9. The smallest absolute Gasteiger partial charge is 0.221 e. The van der Waals surface area contributed by atoms with E-state index in [2.05, 4.69) is 49.8 Å². The van der Waals surface area contributed by atoms with Gasteiger partial charge in [0, 0.05) is 28.8 Å². The van der Waals surface area contributed by atoms with Crippen LogP contribution in [-0.2, 0) is 17.3 Å². The van der Waals surface area contributed by atoms with E-state index in [-0.39, 0.29) is 10.8 Å². The zero-order valence-corrected chi connectivity index (χ0v) is 12.3. The lowest BCUT2D eigenvalue weighted by Crippen LogP contribution is -2.20. The van der Waals surface area contributed by atoms with E-state index in [0.717, 1.165) is 5.01 Å². The number of aromatic nitrogens is 3. The Morgan fingerprint density at radius 1 is 1.17 bits per heavy atom. The fourth-order valence-corrected chi connectivity index (χ4v) is 2.40. The van der Waals surface area contributed by atoms with Gasteiger partial charge in [0.25, 0.3) is 0 Å². The highest BCUT2D eigenvalue weighted by atomic mass is 32.1. The molecule has 0 aliphatic carbocycles. The first-order valence-corrected chi connectivity index (χ1v) is 6.90. The third kappa shape index (κ3) is 2.77. The Kier molecular flexibility index (Phi) is 3.27. The van der Waals surface area contributed by atoms with Crippen molar-refractivity contribution < 1.29 is 4.42 Å². The van der Waals surface area contributed by atoms with Crippen molar-refractivity contribution in [2.24, 2.45) is 0 Å². The molecule has 98 valence electrons. The molecule has 2 rings (SSSR count). The summed E-state index contributed by atoms with van der Waals surface area (Å²) < 4.78 is 5.74. The van der Waals surface area contributed by atoms with Crippen LogP contribution in [0.5, 0.6) is 0 Å². The van der Waals surface area contributed by atoms with Crippen LogP contribution in [0.1, 0.15) is 51.4 Å². The molecule has 2 aromatic rings. The third-order valence-electron chi connectivity index (χ3n) is 2.71. The molecule has 5 heteroatoms. The minimum Gasteiger partial charge on any atom is -0.425 e. The van der Waals surface area contributed by atoms with E-state index in [1.165, 1.54) is 0 Å². The summed E-state index contributed by atoms with van der Waals surface area (Å²) in [5.41, 5.74) is -0.174. The van der Waals surface area contributed by atoms with Crippen molar-refractivity contribution in [3.63, 3.8) is 0 Å². The van der Waals surface area contributed by atoms with E-state index in [9.17, 15) is 0 Å². The Labute approximate surface area is 111 Å². The van der Waals surface area contributed by atoms with Crippen LogP contribution in [0.15, 0.2) is 16.0 Å². The van der Waals surface area contributed by atoms with E-state index in [0.29, 0.717) is 18.2 Å². The topological polar surface area (TPSA) is 51.8 Å². The maximum absolute atomic E-state index is 5.74. The Hall–Kier alpha value is -1.23. The van der Waals surface area contributed by atoms with Gasteiger partial charge < -0.3 is 4.42 Å². The highest BCUT2D eigenvalue weighted by Gasteiger charge is 2.28. The third-order valence-corrected chi connectivity index (χ3v) is 3.85. The van der Waals surface area contributed by atoms with Gasteiger partial charge in [0.1, 0.15) is 0 Å². The molecule has 18 heavy (non-hydrogen) atoms. The molecule has 2 aromatic heterocycles. The van der Waals surface area contributed by atoms with Gasteiger partial charge in [0.15, 0.2) is 0 Å². The predicted molar refractivity (Wildman–Crippen MR) is 71.8 cm³/mol. The largest absolute Gasteiger partial charge is 0.425 e. The molecule has 0 saturated heterocycles. The molecule has 0 radical (unpaired) electrons. The molecular formula is C13H19N3OS. The minimum absolute atomic E-state index is 0.0736. The summed E-state index contributed by atoms with van der Waals surface area (Å²) in [6.07, 6.45) is 2.54. The van der Waals surface area contributed by atoms with Crippen molar-refractivity contribution in [3.8, 4) is 0 Å². The first kappa shape index (κ1) is 13.2. The molecule has 0 unspecified atom stereocenters. The van der Waals surface area contributed by atoms with Gasteiger partial charge in [-0.2, -0.15) is 0 Å². The van der Waals surface area contributed by atoms with Gasteiger partial charge in [0.05, 0.1) is 5.01 Å². The van der Waals surface area contributed by atoms with Crippen LogP contribution >= 0.6 is 11.3 Å². The van der Waals surface area contributed by atoms with Gasteiger partial charge >= 0.3 is 0 Å². The van der Waals surface area contributed by atoms with Gasteiger partial charge in [-0.1, -0.05) is 34.6 Å². The van der Waals surface area contributed by atoms with Crippen molar-refractivity contribution in [2.75, 3.05) is 0 Å². The first-order chi connectivity index (χ1) is 8.29. The molecule has 0 aliphatic rings. The standard InChI is InChI=1S/C13H19N3OS/c1-12(2,3)10-16-15-9(17-10)8-13(4,5)11-14-6-7-18-11/h6-7H,8H2,1-5H3. The molecule has 0 aliphatic heterocycles. The van der Waals surface area contributed by atoms with Crippen molar-refractivity contribution in [1.29, 1.82) is 0 Å². The maximum atomic E-state index is 5.74. The predicted octanol–water partition coefficient (Wildman–Crippen LogP) is 3.34. The first-order valence-electron chi connectivity index (χ1n) is 6.02. The van der Waals surface area contributed by atoms with Crippen molar-refractivity contribution >= 4 is 11.3 Å². The van der Waals surface area contributed by atoms with Crippen LogP contribution in [0.2, 0.25) is 0 Å². The van der Waals surface area contributed by atoms with Crippen molar-refractivity contribution in [1.82, 2.24) is 15.2 Å². The quantitative estimate of drug-likeness (QED) is 0.854. The lowest BCUT2D eigenvalue weighted by Gasteiger charge is -2.19. The summed E-state index contributed by atoms with van der Waals surface area (Å²) in [5.74, 6) is 1.37. The van der Waals surface area contributed by atoms with Gasteiger partial charge in [0.2, 0.25) is 11.8 Å². The van der Waals surface area contributed by atoms with E-state index in [4.69, 9.17) is 4.42 Å². The minimum atomic E-state index is -0.101. The molecule has 4 nitrogen and oxygen atoms in total. The summed E-state index contributed by atoms with van der Waals surface area (Å²) in [4.78, 5) is 4.37. The Morgan fingerprint density at radius 3 is 2.39 bits per heavy atom. The van der Waals surface area contributed by atoms with E-state index in [1.807, 2.05) is 11.6 Å². The van der Waals surface area contributed by atoms with Crippen molar-refractivity contribution in [3.05, 3.63) is 28.4 Å². The molecule has 0 saturated carbocycles. The fourth-order valence-electron chi connectivity index (χ4n) is 1.64. The second-order valence-corrected chi connectivity index (χ2v) is 7.04. The van der Waals surface area contributed by atoms with Gasteiger partial charge in [-0.15, -0.1) is 21.5 Å². The average Bonchev–Trinajstić information content (AvgIpc) is 2.83. The summed E-state index contributed by atoms with van der Waals surface area (Å²) >= 11 is 1.66. The summed E-state index contributed by atoms with van der Waals surface area (Å²) in [6.45, 7) is 10.5. The second kappa shape index (κ2) is 4.46. The summed E-state index contributed by atoms with van der Waals surface area (Å²) in [7, 11) is 0. The lowest BCUT2D eigenvalue weighted by atomic mass is 9.90. The Balaban J connectivity index is 2.17. The van der Waals surface area contributed by atoms with Crippen LogP contribution in [0, 0.1) is 0 Å².